The van der Waals surface area contributed by atoms with Crippen LogP contribution in [0.4, 0.5) is 0 Å². The SMILES string of the molecule is CCN(CC)C(=O)C(Oc1ccccc1C#N)c1ccccc1. The summed E-state index contributed by atoms with van der Waals surface area (Å²) in [6.07, 6.45) is -0.759. The summed E-state index contributed by atoms with van der Waals surface area (Å²) in [4.78, 5) is 14.6. The first-order valence-corrected chi connectivity index (χ1v) is 7.70. The van der Waals surface area contributed by atoms with Crippen LogP contribution in [-0.4, -0.2) is 23.9 Å². The molecule has 0 aliphatic rings. The molecule has 0 fully saturated rings. The molecule has 2 rings (SSSR count). The summed E-state index contributed by atoms with van der Waals surface area (Å²) in [5.41, 5.74) is 1.19. The number of carbonyl (C=O) groups is 1. The van der Waals surface area contributed by atoms with Crippen LogP contribution in [0.1, 0.15) is 31.1 Å². The highest BCUT2D eigenvalue weighted by Crippen LogP contribution is 2.26. The van der Waals surface area contributed by atoms with Crippen LogP contribution in [0, 0.1) is 11.3 Å². The molecule has 1 amide bonds. The molecule has 2 aromatic rings. The topological polar surface area (TPSA) is 53.3 Å². The van der Waals surface area contributed by atoms with Gasteiger partial charge in [0.1, 0.15) is 11.8 Å². The third kappa shape index (κ3) is 3.89. The molecule has 0 saturated heterocycles. The molecule has 1 atom stereocenters. The Kier molecular flexibility index (Phi) is 5.76. The lowest BCUT2D eigenvalue weighted by molar-refractivity contribution is -0.138. The summed E-state index contributed by atoms with van der Waals surface area (Å²) in [7, 11) is 0. The van der Waals surface area contributed by atoms with Crippen LogP contribution in [0.15, 0.2) is 54.6 Å². The second-order valence-electron chi connectivity index (χ2n) is 5.03. The van der Waals surface area contributed by atoms with Crippen LogP contribution in [0.25, 0.3) is 0 Å². The molecule has 0 heterocycles. The minimum absolute atomic E-state index is 0.103. The predicted octanol–water partition coefficient (Wildman–Crippen LogP) is 3.55. The molecule has 1 unspecified atom stereocenters. The Morgan fingerprint density at radius 3 is 2.30 bits per heavy atom. The van der Waals surface area contributed by atoms with Gasteiger partial charge >= 0.3 is 0 Å². The van der Waals surface area contributed by atoms with Crippen molar-refractivity contribution in [2.45, 2.75) is 20.0 Å². The third-order valence-electron chi connectivity index (χ3n) is 3.65. The molecule has 118 valence electrons. The van der Waals surface area contributed by atoms with E-state index in [-0.39, 0.29) is 5.91 Å². The van der Waals surface area contributed by atoms with Gasteiger partial charge in [-0.2, -0.15) is 5.26 Å². The van der Waals surface area contributed by atoms with Crippen molar-refractivity contribution in [3.63, 3.8) is 0 Å². The summed E-state index contributed by atoms with van der Waals surface area (Å²) >= 11 is 0. The molecule has 0 saturated carbocycles. The molecule has 0 aliphatic heterocycles. The summed E-state index contributed by atoms with van der Waals surface area (Å²) < 4.78 is 5.96. The number of likely N-dealkylation sites (N-methyl/N-ethyl adjacent to an activating group) is 1. The molecule has 0 aromatic heterocycles. The van der Waals surface area contributed by atoms with Gasteiger partial charge in [0.05, 0.1) is 5.56 Å². The highest BCUT2D eigenvalue weighted by Gasteiger charge is 2.27. The number of nitriles is 1. The van der Waals surface area contributed by atoms with Gasteiger partial charge in [0, 0.05) is 18.7 Å². The van der Waals surface area contributed by atoms with Gasteiger partial charge in [-0.25, -0.2) is 0 Å². The van der Waals surface area contributed by atoms with Gasteiger partial charge < -0.3 is 9.64 Å². The second kappa shape index (κ2) is 8.00. The maximum atomic E-state index is 12.8. The van der Waals surface area contributed by atoms with Crippen LogP contribution in [0.3, 0.4) is 0 Å². The van der Waals surface area contributed by atoms with Crippen LogP contribution in [-0.2, 0) is 4.79 Å². The minimum atomic E-state index is -0.759. The molecular formula is C19H20N2O2. The third-order valence-corrected chi connectivity index (χ3v) is 3.65. The Bertz CT molecular complexity index is 688. The number of rotatable bonds is 6. The van der Waals surface area contributed by atoms with Crippen molar-refractivity contribution >= 4 is 5.91 Å². The first-order valence-electron chi connectivity index (χ1n) is 7.70. The fraction of sp³-hybridized carbons (Fsp3) is 0.263. The van der Waals surface area contributed by atoms with E-state index < -0.39 is 6.10 Å². The van der Waals surface area contributed by atoms with Crippen molar-refractivity contribution in [1.82, 2.24) is 4.90 Å². The molecule has 4 heteroatoms. The fourth-order valence-corrected chi connectivity index (χ4v) is 2.38. The van der Waals surface area contributed by atoms with Crippen molar-refractivity contribution < 1.29 is 9.53 Å². The maximum Gasteiger partial charge on any atom is 0.268 e. The lowest BCUT2D eigenvalue weighted by Gasteiger charge is -2.26. The number of benzene rings is 2. The van der Waals surface area contributed by atoms with Gasteiger partial charge in [-0.05, 0) is 26.0 Å². The van der Waals surface area contributed by atoms with E-state index in [1.165, 1.54) is 0 Å². The minimum Gasteiger partial charge on any atom is -0.474 e. The average molecular weight is 308 g/mol. The lowest BCUT2D eigenvalue weighted by atomic mass is 10.1. The number of hydrogen-bond acceptors (Lipinski definition) is 3. The molecule has 0 bridgehead atoms. The lowest BCUT2D eigenvalue weighted by Crippen LogP contribution is -2.37. The Balaban J connectivity index is 2.38. The number of ether oxygens (including phenoxy) is 1. The van der Waals surface area contributed by atoms with E-state index in [1.54, 1.807) is 29.2 Å². The van der Waals surface area contributed by atoms with Crippen molar-refractivity contribution in [2.24, 2.45) is 0 Å². The molecular weight excluding hydrogens is 288 g/mol. The number of amides is 1. The largest absolute Gasteiger partial charge is 0.474 e. The summed E-state index contributed by atoms with van der Waals surface area (Å²) in [6, 6.07) is 18.4. The van der Waals surface area contributed by atoms with E-state index in [0.29, 0.717) is 24.4 Å². The zero-order valence-electron chi connectivity index (χ0n) is 13.4. The molecule has 0 aliphatic carbocycles. The molecule has 0 spiro atoms. The van der Waals surface area contributed by atoms with Gasteiger partial charge in [0.25, 0.3) is 5.91 Å². The molecule has 23 heavy (non-hydrogen) atoms. The quantitative estimate of drug-likeness (QED) is 0.820. The van der Waals surface area contributed by atoms with Crippen molar-refractivity contribution in [3.05, 3.63) is 65.7 Å². The maximum absolute atomic E-state index is 12.8. The molecule has 0 radical (unpaired) electrons. The molecule has 0 N–H and O–H groups in total. The predicted molar refractivity (Wildman–Crippen MR) is 88.9 cm³/mol. The first-order chi connectivity index (χ1) is 11.2. The number of nitrogens with zero attached hydrogens (tertiary/aromatic N) is 2. The zero-order valence-corrected chi connectivity index (χ0v) is 13.4. The van der Waals surface area contributed by atoms with E-state index in [4.69, 9.17) is 4.74 Å². The van der Waals surface area contributed by atoms with Gasteiger partial charge in [-0.3, -0.25) is 4.79 Å². The van der Waals surface area contributed by atoms with Gasteiger partial charge in [0.15, 0.2) is 0 Å². The Labute approximate surface area is 136 Å². The van der Waals surface area contributed by atoms with Gasteiger partial charge in [0.2, 0.25) is 6.10 Å². The number of carbonyl (C=O) groups excluding carboxylic acids is 1. The van der Waals surface area contributed by atoms with Crippen LogP contribution >= 0.6 is 0 Å². The number of para-hydroxylation sites is 1. The van der Waals surface area contributed by atoms with E-state index >= 15 is 0 Å². The highest BCUT2D eigenvalue weighted by molar-refractivity contribution is 5.82. The van der Waals surface area contributed by atoms with Crippen LogP contribution in [0.5, 0.6) is 5.75 Å². The monoisotopic (exact) mass is 308 g/mol. The second-order valence-corrected chi connectivity index (χ2v) is 5.03. The van der Waals surface area contributed by atoms with Gasteiger partial charge in [-0.1, -0.05) is 42.5 Å². The van der Waals surface area contributed by atoms with E-state index in [9.17, 15) is 10.1 Å². The standard InChI is InChI=1S/C19H20N2O2/c1-3-21(4-2)19(22)18(15-10-6-5-7-11-15)23-17-13-9-8-12-16(17)14-20/h5-13,18H,3-4H2,1-2H3. The Morgan fingerprint density at radius 2 is 1.70 bits per heavy atom. The summed E-state index contributed by atoms with van der Waals surface area (Å²) in [5, 5.41) is 9.22. The first kappa shape index (κ1) is 16.6. The zero-order chi connectivity index (χ0) is 16.7. The smallest absolute Gasteiger partial charge is 0.268 e. The van der Waals surface area contributed by atoms with Crippen LogP contribution in [0.2, 0.25) is 0 Å². The highest BCUT2D eigenvalue weighted by atomic mass is 16.5. The molecule has 4 nitrogen and oxygen atoms in total. The molecule has 2 aromatic carbocycles. The van der Waals surface area contributed by atoms with Crippen LogP contribution < -0.4 is 4.74 Å². The fourth-order valence-electron chi connectivity index (χ4n) is 2.38. The van der Waals surface area contributed by atoms with Crippen molar-refractivity contribution in [2.75, 3.05) is 13.1 Å². The van der Waals surface area contributed by atoms with E-state index in [1.807, 2.05) is 44.2 Å². The van der Waals surface area contributed by atoms with Gasteiger partial charge in [-0.15, -0.1) is 0 Å². The van der Waals surface area contributed by atoms with E-state index in [2.05, 4.69) is 6.07 Å². The summed E-state index contributed by atoms with van der Waals surface area (Å²) in [5.74, 6) is 0.318. The van der Waals surface area contributed by atoms with Crippen molar-refractivity contribution in [3.8, 4) is 11.8 Å². The Hall–Kier alpha value is -2.80. The van der Waals surface area contributed by atoms with E-state index in [0.717, 1.165) is 5.56 Å². The Morgan fingerprint density at radius 1 is 1.09 bits per heavy atom. The van der Waals surface area contributed by atoms with Crippen molar-refractivity contribution in [1.29, 1.82) is 5.26 Å². The average Bonchev–Trinajstić information content (AvgIpc) is 2.61. The normalized spacial score (nSPS) is 11.3. The summed E-state index contributed by atoms with van der Waals surface area (Å²) in [6.45, 7) is 5.10. The number of hydrogen-bond donors (Lipinski definition) is 0.